The van der Waals surface area contributed by atoms with E-state index < -0.39 is 0 Å². The van der Waals surface area contributed by atoms with Crippen LogP contribution in [0.2, 0.25) is 4.34 Å². The summed E-state index contributed by atoms with van der Waals surface area (Å²) < 4.78 is 6.00. The molecule has 1 N–H and O–H groups in total. The highest BCUT2D eigenvalue weighted by atomic mass is 35.5. The smallest absolute Gasteiger partial charge is 0.223 e. The molecule has 1 saturated heterocycles. The van der Waals surface area contributed by atoms with Crippen molar-refractivity contribution in [3.05, 3.63) is 21.3 Å². The second kappa shape index (κ2) is 5.85. The van der Waals surface area contributed by atoms with Gasteiger partial charge in [-0.3, -0.25) is 4.79 Å². The van der Waals surface area contributed by atoms with Crippen LogP contribution in [0.25, 0.3) is 0 Å². The minimum atomic E-state index is 0.0304. The molecule has 2 rings (SSSR count). The minimum absolute atomic E-state index is 0.0304. The van der Waals surface area contributed by atoms with Crippen molar-refractivity contribution in [3.63, 3.8) is 0 Å². The first-order valence-corrected chi connectivity index (χ1v) is 6.99. The SMILES string of the molecule is C[C@@H](NC(=O)C1CCOCC1)c1ccc(Cl)s1. The molecular weight excluding hydrogens is 258 g/mol. The summed E-state index contributed by atoms with van der Waals surface area (Å²) >= 11 is 7.39. The highest BCUT2D eigenvalue weighted by molar-refractivity contribution is 7.16. The minimum Gasteiger partial charge on any atom is -0.381 e. The van der Waals surface area contributed by atoms with E-state index in [2.05, 4.69) is 5.32 Å². The van der Waals surface area contributed by atoms with Gasteiger partial charge in [0.05, 0.1) is 10.4 Å². The summed E-state index contributed by atoms with van der Waals surface area (Å²) in [4.78, 5) is 13.1. The van der Waals surface area contributed by atoms with E-state index in [1.54, 1.807) is 0 Å². The molecule has 0 radical (unpaired) electrons. The third kappa shape index (κ3) is 3.44. The van der Waals surface area contributed by atoms with Crippen molar-refractivity contribution in [1.82, 2.24) is 5.32 Å². The van der Waals surface area contributed by atoms with Crippen molar-refractivity contribution >= 4 is 28.8 Å². The average Bonchev–Trinajstić information content (AvgIpc) is 2.77. The number of amides is 1. The van der Waals surface area contributed by atoms with Gasteiger partial charge < -0.3 is 10.1 Å². The molecule has 0 spiro atoms. The summed E-state index contributed by atoms with van der Waals surface area (Å²) in [6.45, 7) is 3.37. The lowest BCUT2D eigenvalue weighted by atomic mass is 9.99. The number of nitrogens with one attached hydrogen (secondary N) is 1. The predicted molar refractivity (Wildman–Crippen MR) is 69.4 cm³/mol. The molecule has 1 fully saturated rings. The zero-order valence-electron chi connectivity index (χ0n) is 9.74. The van der Waals surface area contributed by atoms with Gasteiger partial charge in [-0.2, -0.15) is 0 Å². The monoisotopic (exact) mass is 273 g/mol. The van der Waals surface area contributed by atoms with Gasteiger partial charge in [0.15, 0.2) is 0 Å². The van der Waals surface area contributed by atoms with E-state index in [1.165, 1.54) is 11.3 Å². The maximum atomic E-state index is 12.0. The van der Waals surface area contributed by atoms with Crippen LogP contribution < -0.4 is 5.32 Å². The molecule has 17 heavy (non-hydrogen) atoms. The van der Waals surface area contributed by atoms with Gasteiger partial charge in [0.1, 0.15) is 0 Å². The van der Waals surface area contributed by atoms with E-state index in [4.69, 9.17) is 16.3 Å². The number of carbonyl (C=O) groups is 1. The highest BCUT2D eigenvalue weighted by Gasteiger charge is 2.23. The van der Waals surface area contributed by atoms with E-state index in [1.807, 2.05) is 19.1 Å². The van der Waals surface area contributed by atoms with Gasteiger partial charge in [0, 0.05) is 24.0 Å². The Labute approximate surface area is 110 Å². The maximum Gasteiger partial charge on any atom is 0.223 e. The van der Waals surface area contributed by atoms with Crippen molar-refractivity contribution in [1.29, 1.82) is 0 Å². The second-order valence-electron chi connectivity index (χ2n) is 4.26. The van der Waals surface area contributed by atoms with Crippen LogP contribution in [0.1, 0.15) is 30.7 Å². The summed E-state index contributed by atoms with van der Waals surface area (Å²) in [6, 6.07) is 3.85. The van der Waals surface area contributed by atoms with Gasteiger partial charge in [-0.25, -0.2) is 0 Å². The third-order valence-electron chi connectivity index (χ3n) is 2.97. The van der Waals surface area contributed by atoms with E-state index in [0.717, 1.165) is 22.1 Å². The Kier molecular flexibility index (Phi) is 4.42. The first-order valence-electron chi connectivity index (χ1n) is 5.80. The van der Waals surface area contributed by atoms with Crippen molar-refractivity contribution in [3.8, 4) is 0 Å². The molecule has 1 aromatic rings. The summed E-state index contributed by atoms with van der Waals surface area (Å²) in [5.41, 5.74) is 0. The molecule has 1 aliphatic heterocycles. The molecule has 1 aromatic heterocycles. The fourth-order valence-electron chi connectivity index (χ4n) is 1.92. The fourth-order valence-corrected chi connectivity index (χ4v) is 2.99. The van der Waals surface area contributed by atoms with Crippen molar-refractivity contribution in [2.45, 2.75) is 25.8 Å². The summed E-state index contributed by atoms with van der Waals surface area (Å²) in [6.07, 6.45) is 1.65. The van der Waals surface area contributed by atoms with Crippen LogP contribution >= 0.6 is 22.9 Å². The Morgan fingerprint density at radius 3 is 2.82 bits per heavy atom. The molecule has 0 aromatic carbocycles. The standard InChI is InChI=1S/C12H16ClNO2S/c1-8(10-2-3-11(13)17-10)14-12(15)9-4-6-16-7-5-9/h2-3,8-9H,4-7H2,1H3,(H,14,15)/t8-/m1/s1. The lowest BCUT2D eigenvalue weighted by Gasteiger charge is -2.23. The number of ether oxygens (including phenoxy) is 1. The largest absolute Gasteiger partial charge is 0.381 e. The van der Waals surface area contributed by atoms with Crippen molar-refractivity contribution in [2.24, 2.45) is 5.92 Å². The Hall–Kier alpha value is -0.580. The number of thiophene rings is 1. The predicted octanol–water partition coefficient (Wildman–Crippen LogP) is 3.01. The molecule has 0 aliphatic carbocycles. The Morgan fingerprint density at radius 1 is 1.53 bits per heavy atom. The first-order chi connectivity index (χ1) is 8.16. The molecule has 1 aliphatic rings. The second-order valence-corrected chi connectivity index (χ2v) is 6.01. The molecule has 1 atom stereocenters. The normalized spacial score (nSPS) is 18.9. The van der Waals surface area contributed by atoms with Gasteiger partial charge in [-0.15, -0.1) is 11.3 Å². The van der Waals surface area contributed by atoms with Gasteiger partial charge in [0.25, 0.3) is 0 Å². The maximum absolute atomic E-state index is 12.0. The van der Waals surface area contributed by atoms with Crippen LogP contribution in [-0.4, -0.2) is 19.1 Å². The van der Waals surface area contributed by atoms with E-state index in [0.29, 0.717) is 13.2 Å². The summed E-state index contributed by atoms with van der Waals surface area (Å²) in [5, 5.41) is 3.04. The van der Waals surface area contributed by atoms with Crippen molar-refractivity contribution < 1.29 is 9.53 Å². The zero-order valence-corrected chi connectivity index (χ0v) is 11.3. The topological polar surface area (TPSA) is 38.3 Å². The molecule has 3 nitrogen and oxygen atoms in total. The lowest BCUT2D eigenvalue weighted by molar-refractivity contribution is -0.128. The quantitative estimate of drug-likeness (QED) is 0.919. The molecular formula is C12H16ClNO2S. The first kappa shape index (κ1) is 12.9. The van der Waals surface area contributed by atoms with E-state index in [-0.39, 0.29) is 17.9 Å². The van der Waals surface area contributed by atoms with Gasteiger partial charge in [-0.1, -0.05) is 11.6 Å². The van der Waals surface area contributed by atoms with Gasteiger partial charge in [-0.05, 0) is 31.9 Å². The van der Waals surface area contributed by atoms with Gasteiger partial charge >= 0.3 is 0 Å². The third-order valence-corrected chi connectivity index (χ3v) is 4.39. The number of hydrogen-bond acceptors (Lipinski definition) is 3. The van der Waals surface area contributed by atoms with Crippen LogP contribution in [0.3, 0.4) is 0 Å². The van der Waals surface area contributed by atoms with Crippen LogP contribution in [0, 0.1) is 5.92 Å². The summed E-state index contributed by atoms with van der Waals surface area (Å²) in [5.74, 6) is 0.229. The fraction of sp³-hybridized carbons (Fsp3) is 0.583. The van der Waals surface area contributed by atoms with Crippen LogP contribution in [0.5, 0.6) is 0 Å². The van der Waals surface area contributed by atoms with Crippen LogP contribution in [0.4, 0.5) is 0 Å². The molecule has 5 heteroatoms. The van der Waals surface area contributed by atoms with Gasteiger partial charge in [0.2, 0.25) is 5.91 Å². The molecule has 94 valence electrons. The Morgan fingerprint density at radius 2 is 2.24 bits per heavy atom. The molecule has 1 amide bonds. The number of rotatable bonds is 3. The average molecular weight is 274 g/mol. The molecule has 0 bridgehead atoms. The number of halogens is 1. The van der Waals surface area contributed by atoms with Crippen molar-refractivity contribution in [2.75, 3.05) is 13.2 Å². The molecule has 0 saturated carbocycles. The Bertz CT molecular complexity index is 388. The van der Waals surface area contributed by atoms with Crippen LogP contribution in [0.15, 0.2) is 12.1 Å². The number of hydrogen-bond donors (Lipinski definition) is 1. The number of carbonyl (C=O) groups excluding carboxylic acids is 1. The Balaban J connectivity index is 1.89. The van der Waals surface area contributed by atoms with E-state index >= 15 is 0 Å². The highest BCUT2D eigenvalue weighted by Crippen LogP contribution is 2.27. The van der Waals surface area contributed by atoms with Crippen LogP contribution in [-0.2, 0) is 9.53 Å². The summed E-state index contributed by atoms with van der Waals surface area (Å²) in [7, 11) is 0. The van der Waals surface area contributed by atoms with E-state index in [9.17, 15) is 4.79 Å². The zero-order chi connectivity index (χ0) is 12.3. The lowest BCUT2D eigenvalue weighted by Crippen LogP contribution is -2.35. The molecule has 2 heterocycles. The molecule has 0 unspecified atom stereocenters.